The van der Waals surface area contributed by atoms with Gasteiger partial charge in [-0.15, -0.1) is 0 Å². The number of hydrogen-bond donors (Lipinski definition) is 2. The van der Waals surface area contributed by atoms with E-state index in [-0.39, 0.29) is 16.8 Å². The predicted molar refractivity (Wildman–Crippen MR) is 92.8 cm³/mol. The molecular formula is C17H20FN3O2S. The van der Waals surface area contributed by atoms with Gasteiger partial charge in [0, 0.05) is 30.5 Å². The summed E-state index contributed by atoms with van der Waals surface area (Å²) in [4.78, 5) is 2.20. The third-order valence-electron chi connectivity index (χ3n) is 4.11. The minimum absolute atomic E-state index is 0.194. The normalized spacial score (nSPS) is 18.5. The van der Waals surface area contributed by atoms with E-state index in [4.69, 9.17) is 5.73 Å². The molecule has 0 aromatic heterocycles. The lowest BCUT2D eigenvalue weighted by molar-refractivity contribution is 0.465. The van der Waals surface area contributed by atoms with Gasteiger partial charge in [-0.25, -0.2) is 17.5 Å². The second-order valence-electron chi connectivity index (χ2n) is 5.96. The summed E-state index contributed by atoms with van der Waals surface area (Å²) in [6.45, 7) is 1.29. The summed E-state index contributed by atoms with van der Waals surface area (Å²) in [5.74, 6) is -0.294. The lowest BCUT2D eigenvalue weighted by Gasteiger charge is -2.34. The molecule has 0 unspecified atom stereocenters. The summed E-state index contributed by atoms with van der Waals surface area (Å²) in [5.41, 5.74) is 6.88. The monoisotopic (exact) mass is 349 g/mol. The van der Waals surface area contributed by atoms with Crippen LogP contribution in [0.4, 0.5) is 15.8 Å². The van der Waals surface area contributed by atoms with Crippen molar-refractivity contribution >= 4 is 21.4 Å². The van der Waals surface area contributed by atoms with E-state index < -0.39 is 10.0 Å². The number of nitrogens with one attached hydrogen (secondary N) is 1. The fraction of sp³-hybridized carbons (Fsp3) is 0.294. The lowest BCUT2D eigenvalue weighted by Crippen LogP contribution is -2.47. The van der Waals surface area contributed by atoms with Gasteiger partial charge in [-0.2, -0.15) is 0 Å². The van der Waals surface area contributed by atoms with Crippen LogP contribution in [0.2, 0.25) is 0 Å². The molecule has 0 saturated carbocycles. The average Bonchev–Trinajstić information content (AvgIpc) is 2.55. The van der Waals surface area contributed by atoms with E-state index >= 15 is 0 Å². The SMILES string of the molecule is Nc1ccc(S(=O)(=O)N[C@H]2CCCN(c3cccc(F)c3)C2)cc1. The van der Waals surface area contributed by atoms with Gasteiger partial charge < -0.3 is 10.6 Å². The minimum atomic E-state index is -3.60. The molecule has 1 fully saturated rings. The number of anilines is 2. The molecule has 128 valence electrons. The maximum Gasteiger partial charge on any atom is 0.240 e. The van der Waals surface area contributed by atoms with Crippen LogP contribution in [-0.4, -0.2) is 27.5 Å². The zero-order valence-corrected chi connectivity index (χ0v) is 14.0. The van der Waals surface area contributed by atoms with Gasteiger partial charge in [0.05, 0.1) is 4.90 Å². The molecule has 0 spiro atoms. The summed E-state index contributed by atoms with van der Waals surface area (Å²) in [6.07, 6.45) is 1.59. The zero-order chi connectivity index (χ0) is 17.2. The van der Waals surface area contributed by atoms with E-state index in [2.05, 4.69) is 4.72 Å². The molecule has 1 saturated heterocycles. The smallest absolute Gasteiger partial charge is 0.240 e. The number of nitrogens with two attached hydrogens (primary N) is 1. The van der Waals surface area contributed by atoms with Crippen molar-refractivity contribution < 1.29 is 12.8 Å². The summed E-state index contributed by atoms with van der Waals surface area (Å²) in [6, 6.07) is 12.3. The van der Waals surface area contributed by atoms with Crippen LogP contribution in [0.25, 0.3) is 0 Å². The first-order valence-electron chi connectivity index (χ1n) is 7.82. The van der Waals surface area contributed by atoms with Gasteiger partial charge in [-0.3, -0.25) is 0 Å². The van der Waals surface area contributed by atoms with Gasteiger partial charge in [-0.1, -0.05) is 6.07 Å². The van der Waals surface area contributed by atoms with Crippen molar-refractivity contribution in [3.05, 3.63) is 54.3 Å². The van der Waals surface area contributed by atoms with E-state index in [1.165, 1.54) is 24.3 Å². The predicted octanol–water partition coefficient (Wildman–Crippen LogP) is 2.36. The number of nitrogens with zero attached hydrogens (tertiary/aromatic N) is 1. The van der Waals surface area contributed by atoms with Crippen molar-refractivity contribution in [2.24, 2.45) is 0 Å². The van der Waals surface area contributed by atoms with Crippen molar-refractivity contribution in [1.82, 2.24) is 4.72 Å². The second kappa shape index (κ2) is 6.78. The van der Waals surface area contributed by atoms with Gasteiger partial charge in [0.2, 0.25) is 10.0 Å². The van der Waals surface area contributed by atoms with Gasteiger partial charge >= 0.3 is 0 Å². The van der Waals surface area contributed by atoms with Crippen LogP contribution in [-0.2, 0) is 10.0 Å². The molecule has 2 aromatic carbocycles. The van der Waals surface area contributed by atoms with Crippen LogP contribution < -0.4 is 15.4 Å². The molecule has 0 aliphatic carbocycles. The van der Waals surface area contributed by atoms with E-state index in [1.54, 1.807) is 18.2 Å². The standard InChI is InChI=1S/C17H20FN3O2S/c18-13-3-1-5-16(11-13)21-10-2-4-15(12-21)20-24(22,23)17-8-6-14(19)7-9-17/h1,3,5-9,11,15,20H,2,4,10,12,19H2/t15-/m0/s1. The van der Waals surface area contributed by atoms with Crippen LogP contribution in [0.3, 0.4) is 0 Å². The molecule has 1 aliphatic rings. The Kier molecular flexibility index (Phi) is 4.73. The molecular weight excluding hydrogens is 329 g/mol. The van der Waals surface area contributed by atoms with Crippen LogP contribution in [0, 0.1) is 5.82 Å². The maximum absolute atomic E-state index is 13.4. The number of piperidine rings is 1. The van der Waals surface area contributed by atoms with Gasteiger partial charge in [0.1, 0.15) is 5.82 Å². The molecule has 3 rings (SSSR count). The van der Waals surface area contributed by atoms with Crippen molar-refractivity contribution in [3.8, 4) is 0 Å². The highest BCUT2D eigenvalue weighted by Crippen LogP contribution is 2.22. The molecule has 24 heavy (non-hydrogen) atoms. The molecule has 2 aromatic rings. The molecule has 7 heteroatoms. The molecule has 0 radical (unpaired) electrons. The Labute approximate surface area is 141 Å². The number of nitrogen functional groups attached to an aromatic ring is 1. The number of sulfonamides is 1. The molecule has 3 N–H and O–H groups in total. The Hall–Kier alpha value is -2.12. The third kappa shape index (κ3) is 3.85. The largest absolute Gasteiger partial charge is 0.399 e. The number of rotatable bonds is 4. The molecule has 0 amide bonds. The van der Waals surface area contributed by atoms with Crippen molar-refractivity contribution in [2.75, 3.05) is 23.7 Å². The second-order valence-corrected chi connectivity index (χ2v) is 7.67. The Bertz CT molecular complexity index is 809. The molecule has 1 atom stereocenters. The topological polar surface area (TPSA) is 75.4 Å². The third-order valence-corrected chi connectivity index (χ3v) is 5.64. The number of benzene rings is 2. The first-order chi connectivity index (χ1) is 11.4. The Morgan fingerprint density at radius 1 is 1.17 bits per heavy atom. The van der Waals surface area contributed by atoms with Gasteiger partial charge in [0.25, 0.3) is 0 Å². The molecule has 5 nitrogen and oxygen atoms in total. The average molecular weight is 349 g/mol. The molecule has 1 aliphatic heterocycles. The fourth-order valence-corrected chi connectivity index (χ4v) is 4.18. The Morgan fingerprint density at radius 3 is 2.62 bits per heavy atom. The number of hydrogen-bond acceptors (Lipinski definition) is 4. The number of halogens is 1. The first-order valence-corrected chi connectivity index (χ1v) is 9.31. The highest BCUT2D eigenvalue weighted by atomic mass is 32.2. The quantitative estimate of drug-likeness (QED) is 0.831. The van der Waals surface area contributed by atoms with E-state index in [1.807, 2.05) is 11.0 Å². The van der Waals surface area contributed by atoms with Gasteiger partial charge in [-0.05, 0) is 55.3 Å². The van der Waals surface area contributed by atoms with E-state index in [0.717, 1.165) is 25.1 Å². The summed E-state index contributed by atoms with van der Waals surface area (Å²) >= 11 is 0. The van der Waals surface area contributed by atoms with Gasteiger partial charge in [0.15, 0.2) is 0 Å². The summed E-state index contributed by atoms with van der Waals surface area (Å²) < 4.78 is 41.1. The Balaban J connectivity index is 1.72. The van der Waals surface area contributed by atoms with Crippen molar-refractivity contribution in [2.45, 2.75) is 23.8 Å². The van der Waals surface area contributed by atoms with E-state index in [0.29, 0.717) is 12.2 Å². The van der Waals surface area contributed by atoms with Crippen LogP contribution in [0.15, 0.2) is 53.4 Å². The highest BCUT2D eigenvalue weighted by molar-refractivity contribution is 7.89. The summed E-state index contributed by atoms with van der Waals surface area (Å²) in [7, 11) is -3.60. The van der Waals surface area contributed by atoms with Crippen LogP contribution >= 0.6 is 0 Å². The molecule has 1 heterocycles. The first kappa shape index (κ1) is 16.7. The Morgan fingerprint density at radius 2 is 1.92 bits per heavy atom. The van der Waals surface area contributed by atoms with Crippen molar-refractivity contribution in [3.63, 3.8) is 0 Å². The highest BCUT2D eigenvalue weighted by Gasteiger charge is 2.25. The maximum atomic E-state index is 13.4. The van der Waals surface area contributed by atoms with Crippen molar-refractivity contribution in [1.29, 1.82) is 0 Å². The fourth-order valence-electron chi connectivity index (χ4n) is 2.92. The lowest BCUT2D eigenvalue weighted by atomic mass is 10.1. The zero-order valence-electron chi connectivity index (χ0n) is 13.2. The van der Waals surface area contributed by atoms with Crippen LogP contribution in [0.5, 0.6) is 0 Å². The van der Waals surface area contributed by atoms with E-state index in [9.17, 15) is 12.8 Å². The summed E-state index contributed by atoms with van der Waals surface area (Å²) in [5, 5.41) is 0. The minimum Gasteiger partial charge on any atom is -0.399 e. The molecule has 0 bridgehead atoms. The van der Waals surface area contributed by atoms with Crippen LogP contribution in [0.1, 0.15) is 12.8 Å².